The van der Waals surface area contributed by atoms with Crippen molar-refractivity contribution in [2.75, 3.05) is 13.6 Å². The molecule has 0 radical (unpaired) electrons. The Balaban J connectivity index is 2.11. The quantitative estimate of drug-likeness (QED) is 0.754. The van der Waals surface area contributed by atoms with E-state index in [0.717, 1.165) is 16.5 Å². The zero-order valence-corrected chi connectivity index (χ0v) is 12.0. The zero-order valence-electron chi connectivity index (χ0n) is 12.0. The van der Waals surface area contributed by atoms with E-state index in [2.05, 4.69) is 20.9 Å². The molecule has 2 N–H and O–H groups in total. The zero-order chi connectivity index (χ0) is 14.7. The van der Waals surface area contributed by atoms with Crippen LogP contribution in [0.3, 0.4) is 0 Å². The summed E-state index contributed by atoms with van der Waals surface area (Å²) in [6.07, 6.45) is 5.13. The Labute approximate surface area is 124 Å². The van der Waals surface area contributed by atoms with Crippen molar-refractivity contribution in [2.24, 2.45) is 0 Å². The van der Waals surface area contributed by atoms with Crippen LogP contribution in [0.15, 0.2) is 61.1 Å². The van der Waals surface area contributed by atoms with E-state index in [9.17, 15) is 5.11 Å². The van der Waals surface area contributed by atoms with Crippen LogP contribution in [0.1, 0.15) is 11.6 Å². The van der Waals surface area contributed by atoms with E-state index in [1.54, 1.807) is 6.20 Å². The molecule has 108 valence electrons. The fourth-order valence-electron chi connectivity index (χ4n) is 2.78. The Kier molecular flexibility index (Phi) is 3.99. The number of fused-ring (bicyclic) bond motifs is 1. The minimum absolute atomic E-state index is 0.139. The second-order valence-corrected chi connectivity index (χ2v) is 5.14. The summed E-state index contributed by atoms with van der Waals surface area (Å²) >= 11 is 0. The molecule has 0 amide bonds. The van der Waals surface area contributed by atoms with Gasteiger partial charge in [-0.1, -0.05) is 30.3 Å². The molecule has 2 unspecified atom stereocenters. The predicted octanol–water partition coefficient (Wildman–Crippen LogP) is 2.21. The van der Waals surface area contributed by atoms with Crippen molar-refractivity contribution in [1.29, 1.82) is 0 Å². The van der Waals surface area contributed by atoms with Crippen molar-refractivity contribution in [1.82, 2.24) is 14.9 Å². The van der Waals surface area contributed by atoms with Gasteiger partial charge in [0.1, 0.15) is 0 Å². The summed E-state index contributed by atoms with van der Waals surface area (Å²) in [5, 5.41) is 14.8. The highest BCUT2D eigenvalue weighted by Crippen LogP contribution is 2.27. The number of aliphatic hydroxyl groups excluding tert-OH is 1. The smallest absolute Gasteiger partial charge is 0.0912 e. The Bertz CT molecular complexity index is 708. The number of hydrogen-bond donors (Lipinski definition) is 2. The van der Waals surface area contributed by atoms with E-state index in [0.29, 0.717) is 6.54 Å². The average molecular weight is 281 g/mol. The Hall–Kier alpha value is -2.17. The van der Waals surface area contributed by atoms with Gasteiger partial charge in [0, 0.05) is 24.3 Å². The molecule has 1 aromatic carbocycles. The van der Waals surface area contributed by atoms with Crippen molar-refractivity contribution < 1.29 is 5.11 Å². The molecule has 0 aliphatic carbocycles. The standard InChI is InChI=1S/C17H19N3O/c1-18-12-16(21)17(14-5-3-2-4-6-14)20-10-8-13-7-9-19-11-15(13)20/h2-11,16-18,21H,12H2,1H3. The number of hydrogen-bond acceptors (Lipinski definition) is 3. The number of pyridine rings is 1. The highest BCUT2D eigenvalue weighted by Gasteiger charge is 2.23. The molecule has 21 heavy (non-hydrogen) atoms. The van der Waals surface area contributed by atoms with E-state index in [1.165, 1.54) is 0 Å². The fourth-order valence-corrected chi connectivity index (χ4v) is 2.78. The van der Waals surface area contributed by atoms with Crippen molar-refractivity contribution in [3.05, 3.63) is 66.6 Å². The van der Waals surface area contributed by atoms with Crippen LogP contribution in [0.5, 0.6) is 0 Å². The van der Waals surface area contributed by atoms with Crippen LogP contribution in [0.4, 0.5) is 0 Å². The summed E-state index contributed by atoms with van der Waals surface area (Å²) < 4.78 is 2.10. The van der Waals surface area contributed by atoms with E-state index in [4.69, 9.17) is 0 Å². The number of benzene rings is 1. The molecule has 2 aromatic heterocycles. The molecule has 2 atom stereocenters. The highest BCUT2D eigenvalue weighted by atomic mass is 16.3. The third-order valence-electron chi connectivity index (χ3n) is 3.74. The van der Waals surface area contributed by atoms with E-state index < -0.39 is 6.10 Å². The molecular weight excluding hydrogens is 262 g/mol. The first kappa shape index (κ1) is 13.8. The third-order valence-corrected chi connectivity index (χ3v) is 3.74. The summed E-state index contributed by atoms with van der Waals surface area (Å²) in [6.45, 7) is 0.527. The van der Waals surface area contributed by atoms with Crippen LogP contribution in [0.25, 0.3) is 10.9 Å². The number of nitrogens with zero attached hydrogens (tertiary/aromatic N) is 2. The first-order valence-electron chi connectivity index (χ1n) is 7.09. The van der Waals surface area contributed by atoms with Gasteiger partial charge in [-0.25, -0.2) is 0 Å². The molecule has 0 saturated heterocycles. The number of likely N-dealkylation sites (N-methyl/N-ethyl adjacent to an activating group) is 1. The van der Waals surface area contributed by atoms with Gasteiger partial charge in [0.15, 0.2) is 0 Å². The molecule has 0 spiro atoms. The Morgan fingerprint density at radius 3 is 2.76 bits per heavy atom. The van der Waals surface area contributed by atoms with Gasteiger partial charge in [0.25, 0.3) is 0 Å². The molecule has 0 aliphatic heterocycles. The lowest BCUT2D eigenvalue weighted by atomic mass is 10.0. The minimum atomic E-state index is -0.520. The topological polar surface area (TPSA) is 50.1 Å². The Morgan fingerprint density at radius 2 is 2.00 bits per heavy atom. The lowest BCUT2D eigenvalue weighted by Crippen LogP contribution is -2.33. The summed E-state index contributed by atoms with van der Waals surface area (Å²) in [5.41, 5.74) is 2.11. The number of aliphatic hydroxyl groups is 1. The van der Waals surface area contributed by atoms with E-state index >= 15 is 0 Å². The lowest BCUT2D eigenvalue weighted by molar-refractivity contribution is 0.132. The molecule has 0 fully saturated rings. The Morgan fingerprint density at radius 1 is 1.19 bits per heavy atom. The van der Waals surface area contributed by atoms with Crippen molar-refractivity contribution in [3.8, 4) is 0 Å². The fraction of sp³-hybridized carbons (Fsp3) is 0.235. The first-order chi connectivity index (χ1) is 10.3. The van der Waals surface area contributed by atoms with Gasteiger partial charge in [-0.15, -0.1) is 0 Å². The van der Waals surface area contributed by atoms with Gasteiger partial charge in [0.2, 0.25) is 0 Å². The van der Waals surface area contributed by atoms with Crippen LogP contribution in [-0.4, -0.2) is 34.4 Å². The largest absolute Gasteiger partial charge is 0.389 e. The van der Waals surface area contributed by atoms with Gasteiger partial charge in [-0.3, -0.25) is 4.98 Å². The monoisotopic (exact) mass is 281 g/mol. The van der Waals surface area contributed by atoms with Crippen LogP contribution in [0.2, 0.25) is 0 Å². The normalized spacial score (nSPS) is 14.2. The molecule has 0 aliphatic rings. The van der Waals surface area contributed by atoms with Crippen molar-refractivity contribution in [2.45, 2.75) is 12.1 Å². The van der Waals surface area contributed by atoms with Gasteiger partial charge < -0.3 is 15.0 Å². The van der Waals surface area contributed by atoms with Crippen molar-refractivity contribution >= 4 is 10.9 Å². The molecule has 3 rings (SSSR count). The van der Waals surface area contributed by atoms with E-state index in [1.807, 2.05) is 55.8 Å². The third kappa shape index (κ3) is 2.68. The second-order valence-electron chi connectivity index (χ2n) is 5.14. The van der Waals surface area contributed by atoms with Crippen LogP contribution >= 0.6 is 0 Å². The van der Waals surface area contributed by atoms with Gasteiger partial charge >= 0.3 is 0 Å². The van der Waals surface area contributed by atoms with Gasteiger partial charge in [0.05, 0.1) is 23.9 Å². The molecule has 4 nitrogen and oxygen atoms in total. The molecular formula is C17H19N3O. The van der Waals surface area contributed by atoms with E-state index in [-0.39, 0.29) is 6.04 Å². The molecule has 3 aromatic rings. The molecule has 0 saturated carbocycles. The van der Waals surface area contributed by atoms with Crippen LogP contribution in [0, 0.1) is 0 Å². The van der Waals surface area contributed by atoms with Crippen LogP contribution < -0.4 is 5.32 Å². The SMILES string of the molecule is CNCC(O)C(c1ccccc1)n1ccc2ccncc21. The van der Waals surface area contributed by atoms with Crippen LogP contribution in [-0.2, 0) is 0 Å². The number of rotatable bonds is 5. The average Bonchev–Trinajstić information content (AvgIpc) is 2.93. The first-order valence-corrected chi connectivity index (χ1v) is 7.09. The summed E-state index contributed by atoms with van der Waals surface area (Å²) in [7, 11) is 1.85. The van der Waals surface area contributed by atoms with Crippen molar-refractivity contribution in [3.63, 3.8) is 0 Å². The number of nitrogens with one attached hydrogen (secondary N) is 1. The minimum Gasteiger partial charge on any atom is -0.389 e. The lowest BCUT2D eigenvalue weighted by Gasteiger charge is -2.26. The molecule has 2 heterocycles. The maximum atomic E-state index is 10.6. The molecule has 0 bridgehead atoms. The second kappa shape index (κ2) is 6.08. The number of aromatic nitrogens is 2. The predicted molar refractivity (Wildman–Crippen MR) is 84.2 cm³/mol. The van der Waals surface area contributed by atoms with Gasteiger partial charge in [-0.05, 0) is 24.7 Å². The summed E-state index contributed by atoms with van der Waals surface area (Å²) in [6, 6.07) is 14.0. The summed E-state index contributed by atoms with van der Waals surface area (Å²) in [5.74, 6) is 0. The maximum absolute atomic E-state index is 10.6. The maximum Gasteiger partial charge on any atom is 0.0912 e. The molecule has 4 heteroatoms. The summed E-state index contributed by atoms with van der Waals surface area (Å²) in [4.78, 5) is 4.21. The van der Waals surface area contributed by atoms with Gasteiger partial charge in [-0.2, -0.15) is 0 Å². The highest BCUT2D eigenvalue weighted by molar-refractivity contribution is 5.79.